The van der Waals surface area contributed by atoms with Gasteiger partial charge in [-0.2, -0.15) is 0 Å². The zero-order valence-corrected chi connectivity index (χ0v) is 21.0. The topological polar surface area (TPSA) is 103 Å². The molecule has 0 saturated carbocycles. The van der Waals surface area contributed by atoms with Crippen molar-refractivity contribution in [2.45, 2.75) is 13.5 Å². The summed E-state index contributed by atoms with van der Waals surface area (Å²) in [7, 11) is 0. The van der Waals surface area contributed by atoms with Crippen LogP contribution in [0.15, 0.2) is 81.1 Å². The Morgan fingerprint density at radius 3 is 2.49 bits per heavy atom. The van der Waals surface area contributed by atoms with Crippen molar-refractivity contribution in [2.24, 2.45) is 4.99 Å². The molecule has 1 fully saturated rings. The van der Waals surface area contributed by atoms with Crippen LogP contribution in [0.1, 0.15) is 18.1 Å². The summed E-state index contributed by atoms with van der Waals surface area (Å²) in [6.07, 6.45) is 1.78. The van der Waals surface area contributed by atoms with Crippen molar-refractivity contribution in [3.63, 3.8) is 0 Å². The Bertz CT molecular complexity index is 1310. The van der Waals surface area contributed by atoms with Crippen molar-refractivity contribution >= 4 is 56.2 Å². The SMILES string of the molecule is CCOc1ccc(N=C2NC(=O)/C(=C\c3ccc(OCc4ccc([N+](=O)[O-])cc4)c(Br)c3)S2)cc1. The zero-order chi connectivity index (χ0) is 24.8. The van der Waals surface area contributed by atoms with Crippen LogP contribution >= 0.6 is 27.7 Å². The first-order valence-corrected chi connectivity index (χ1v) is 12.2. The van der Waals surface area contributed by atoms with E-state index in [1.54, 1.807) is 24.3 Å². The van der Waals surface area contributed by atoms with Crippen LogP contribution in [0.5, 0.6) is 11.5 Å². The number of non-ortho nitro benzene ring substituents is 1. The number of halogens is 1. The second-order valence-corrected chi connectivity index (χ2v) is 9.20. The van der Waals surface area contributed by atoms with Gasteiger partial charge in [0.25, 0.3) is 11.6 Å². The summed E-state index contributed by atoms with van der Waals surface area (Å²) in [5, 5.41) is 14.1. The third kappa shape index (κ3) is 6.49. The summed E-state index contributed by atoms with van der Waals surface area (Å²) in [4.78, 5) is 27.8. The second kappa shape index (κ2) is 11.2. The maximum Gasteiger partial charge on any atom is 0.269 e. The van der Waals surface area contributed by atoms with Crippen LogP contribution in [0, 0.1) is 10.1 Å². The van der Waals surface area contributed by atoms with Gasteiger partial charge < -0.3 is 14.8 Å². The second-order valence-electron chi connectivity index (χ2n) is 7.31. The third-order valence-electron chi connectivity index (χ3n) is 4.82. The van der Waals surface area contributed by atoms with Crippen LogP contribution in [0.3, 0.4) is 0 Å². The fraction of sp³-hybridized carbons (Fsp3) is 0.120. The molecule has 1 aliphatic heterocycles. The van der Waals surface area contributed by atoms with Gasteiger partial charge in [-0.3, -0.25) is 14.9 Å². The first-order chi connectivity index (χ1) is 16.9. The summed E-state index contributed by atoms with van der Waals surface area (Å²) in [5.74, 6) is 1.17. The van der Waals surface area contributed by atoms with Gasteiger partial charge in [0.15, 0.2) is 5.17 Å². The predicted octanol–water partition coefficient (Wildman–Crippen LogP) is 6.23. The zero-order valence-electron chi connectivity index (χ0n) is 18.6. The van der Waals surface area contributed by atoms with Gasteiger partial charge >= 0.3 is 0 Å². The Morgan fingerprint density at radius 1 is 1.09 bits per heavy atom. The number of nitro benzene ring substituents is 1. The molecule has 8 nitrogen and oxygen atoms in total. The molecule has 0 spiro atoms. The molecule has 10 heteroatoms. The number of benzene rings is 3. The number of amides is 1. The Hall–Kier alpha value is -3.63. The van der Waals surface area contributed by atoms with Crippen LogP contribution in [0.25, 0.3) is 6.08 Å². The number of amidine groups is 1. The molecule has 1 saturated heterocycles. The van der Waals surface area contributed by atoms with Crippen molar-refractivity contribution in [3.05, 3.63) is 97.3 Å². The molecule has 0 bridgehead atoms. The molecule has 1 N–H and O–H groups in total. The maximum atomic E-state index is 12.4. The fourth-order valence-corrected chi connectivity index (χ4v) is 4.48. The lowest BCUT2D eigenvalue weighted by molar-refractivity contribution is -0.384. The van der Waals surface area contributed by atoms with E-state index in [1.165, 1.54) is 23.9 Å². The van der Waals surface area contributed by atoms with E-state index in [1.807, 2.05) is 43.3 Å². The van der Waals surface area contributed by atoms with Gasteiger partial charge in [-0.25, -0.2) is 4.99 Å². The van der Waals surface area contributed by atoms with Gasteiger partial charge in [-0.15, -0.1) is 0 Å². The number of rotatable bonds is 8. The fourth-order valence-electron chi connectivity index (χ4n) is 3.13. The van der Waals surface area contributed by atoms with Crippen molar-refractivity contribution < 1.29 is 19.2 Å². The van der Waals surface area contributed by atoms with Gasteiger partial charge in [0.1, 0.15) is 18.1 Å². The summed E-state index contributed by atoms with van der Waals surface area (Å²) in [6, 6.07) is 19.0. The highest BCUT2D eigenvalue weighted by Crippen LogP contribution is 2.32. The molecule has 35 heavy (non-hydrogen) atoms. The monoisotopic (exact) mass is 553 g/mol. The number of thioether (sulfide) groups is 1. The Balaban J connectivity index is 1.40. The molecule has 1 amide bonds. The molecular weight excluding hydrogens is 534 g/mol. The quantitative estimate of drug-likeness (QED) is 0.201. The molecule has 3 aromatic rings. The lowest BCUT2D eigenvalue weighted by Gasteiger charge is -2.09. The summed E-state index contributed by atoms with van der Waals surface area (Å²) in [5.41, 5.74) is 2.38. The Morgan fingerprint density at radius 2 is 1.83 bits per heavy atom. The van der Waals surface area contributed by atoms with E-state index in [4.69, 9.17) is 9.47 Å². The van der Waals surface area contributed by atoms with Crippen LogP contribution < -0.4 is 14.8 Å². The number of carbonyl (C=O) groups excluding carboxylic acids is 1. The van der Waals surface area contributed by atoms with Crippen LogP contribution in [-0.4, -0.2) is 22.6 Å². The number of aliphatic imine (C=N–C) groups is 1. The molecule has 4 rings (SSSR count). The van der Waals surface area contributed by atoms with Gasteiger partial charge in [0.2, 0.25) is 0 Å². The Labute approximate surface area is 214 Å². The lowest BCUT2D eigenvalue weighted by Crippen LogP contribution is -2.19. The van der Waals surface area contributed by atoms with Crippen LogP contribution in [-0.2, 0) is 11.4 Å². The number of nitro groups is 1. The van der Waals surface area contributed by atoms with E-state index in [9.17, 15) is 14.9 Å². The molecule has 0 unspecified atom stereocenters. The largest absolute Gasteiger partial charge is 0.494 e. The van der Waals surface area contributed by atoms with Crippen LogP contribution in [0.4, 0.5) is 11.4 Å². The smallest absolute Gasteiger partial charge is 0.269 e. The van der Waals surface area contributed by atoms with Crippen molar-refractivity contribution in [2.75, 3.05) is 6.61 Å². The number of carbonyl (C=O) groups is 1. The molecule has 178 valence electrons. The normalized spacial score (nSPS) is 15.3. The highest BCUT2D eigenvalue weighted by molar-refractivity contribution is 9.10. The maximum absolute atomic E-state index is 12.4. The van der Waals surface area contributed by atoms with Gasteiger partial charge in [0, 0.05) is 12.1 Å². The molecule has 0 atom stereocenters. The van der Waals surface area contributed by atoms with Crippen molar-refractivity contribution in [1.29, 1.82) is 0 Å². The standard InChI is InChI=1S/C25H20BrN3O5S/c1-2-33-20-10-6-18(7-11-20)27-25-28-24(30)23(35-25)14-17-5-12-22(21(26)13-17)34-15-16-3-8-19(9-4-16)29(31)32/h3-14H,2,15H2,1H3,(H,27,28,30)/b23-14+. The molecule has 0 aromatic heterocycles. The minimum atomic E-state index is -0.438. The first-order valence-electron chi connectivity index (χ1n) is 10.6. The number of ether oxygens (including phenoxy) is 2. The van der Waals surface area contributed by atoms with Crippen LogP contribution in [0.2, 0.25) is 0 Å². The highest BCUT2D eigenvalue weighted by Gasteiger charge is 2.24. The Kier molecular flexibility index (Phi) is 7.84. The van der Waals surface area contributed by atoms with Gasteiger partial charge in [-0.1, -0.05) is 6.07 Å². The first kappa shape index (κ1) is 24.5. The average molecular weight is 554 g/mol. The third-order valence-corrected chi connectivity index (χ3v) is 6.35. The minimum absolute atomic E-state index is 0.0359. The molecule has 0 radical (unpaired) electrons. The van der Waals surface area contributed by atoms with E-state index in [2.05, 4.69) is 26.2 Å². The molecular formula is C25H20BrN3O5S. The molecule has 1 heterocycles. The minimum Gasteiger partial charge on any atom is -0.494 e. The molecule has 3 aromatic carbocycles. The summed E-state index contributed by atoms with van der Waals surface area (Å²) < 4.78 is 12.0. The number of hydrogen-bond acceptors (Lipinski definition) is 7. The predicted molar refractivity (Wildman–Crippen MR) is 140 cm³/mol. The van der Waals surface area contributed by atoms with Crippen molar-refractivity contribution in [1.82, 2.24) is 5.32 Å². The van der Waals surface area contributed by atoms with E-state index in [0.717, 1.165) is 27.0 Å². The number of nitrogens with zero attached hydrogens (tertiary/aromatic N) is 2. The number of hydrogen-bond donors (Lipinski definition) is 1. The van der Waals surface area contributed by atoms with Gasteiger partial charge in [-0.05, 0) is 100 Å². The van der Waals surface area contributed by atoms with E-state index in [-0.39, 0.29) is 18.2 Å². The summed E-state index contributed by atoms with van der Waals surface area (Å²) >= 11 is 4.77. The summed E-state index contributed by atoms with van der Waals surface area (Å²) in [6.45, 7) is 2.78. The lowest BCUT2D eigenvalue weighted by atomic mass is 10.2. The molecule has 1 aliphatic rings. The van der Waals surface area contributed by atoms with Gasteiger partial charge in [0.05, 0.1) is 26.6 Å². The number of nitrogens with one attached hydrogen (secondary N) is 1. The average Bonchev–Trinajstić information content (AvgIpc) is 3.18. The van der Waals surface area contributed by atoms with E-state index < -0.39 is 4.92 Å². The molecule has 0 aliphatic carbocycles. The highest BCUT2D eigenvalue weighted by atomic mass is 79.9. The van der Waals surface area contributed by atoms with Crippen molar-refractivity contribution in [3.8, 4) is 11.5 Å². The van der Waals surface area contributed by atoms with E-state index >= 15 is 0 Å². The van der Waals surface area contributed by atoms with E-state index in [0.29, 0.717) is 22.4 Å².